The topological polar surface area (TPSA) is 58.6 Å². The number of nitrogens with zero attached hydrogens (tertiary/aromatic N) is 1. The minimum absolute atomic E-state index is 0.126. The van der Waals surface area contributed by atoms with Crippen molar-refractivity contribution in [1.82, 2.24) is 4.90 Å². The van der Waals surface area contributed by atoms with E-state index in [-0.39, 0.29) is 23.5 Å². The van der Waals surface area contributed by atoms with Gasteiger partial charge in [0.15, 0.2) is 0 Å². The Labute approximate surface area is 158 Å². The molecule has 5 nitrogen and oxygen atoms in total. The predicted octanol–water partition coefficient (Wildman–Crippen LogP) is 3.72. The lowest BCUT2D eigenvalue weighted by molar-refractivity contribution is -0.121. The lowest BCUT2D eigenvalue weighted by Crippen LogP contribution is -2.43. The van der Waals surface area contributed by atoms with Crippen LogP contribution in [0.1, 0.15) is 30.1 Å². The smallest absolute Gasteiger partial charge is 0.253 e. The number of ether oxygens (including phenoxy) is 1. The number of amides is 2. The summed E-state index contributed by atoms with van der Waals surface area (Å²) < 4.78 is 18.6. The molecule has 0 spiro atoms. The van der Waals surface area contributed by atoms with E-state index in [1.165, 1.54) is 24.3 Å². The van der Waals surface area contributed by atoms with Gasteiger partial charge in [-0.3, -0.25) is 9.59 Å². The Hall–Kier alpha value is -2.89. The summed E-state index contributed by atoms with van der Waals surface area (Å²) in [6.45, 7) is 3.34. The van der Waals surface area contributed by atoms with E-state index in [1.807, 2.05) is 25.1 Å². The van der Waals surface area contributed by atoms with Crippen LogP contribution in [0.4, 0.5) is 10.1 Å². The van der Waals surface area contributed by atoms with Gasteiger partial charge < -0.3 is 15.0 Å². The van der Waals surface area contributed by atoms with Gasteiger partial charge in [-0.1, -0.05) is 12.1 Å². The maximum Gasteiger partial charge on any atom is 0.253 e. The highest BCUT2D eigenvalue weighted by molar-refractivity contribution is 5.96. The van der Waals surface area contributed by atoms with Gasteiger partial charge in [0.05, 0.1) is 18.2 Å². The van der Waals surface area contributed by atoms with Crippen LogP contribution >= 0.6 is 0 Å². The van der Waals surface area contributed by atoms with Crippen LogP contribution in [0.25, 0.3) is 0 Å². The van der Waals surface area contributed by atoms with Gasteiger partial charge in [0.1, 0.15) is 11.6 Å². The van der Waals surface area contributed by atoms with E-state index >= 15 is 0 Å². The van der Waals surface area contributed by atoms with E-state index in [0.29, 0.717) is 36.7 Å². The molecule has 1 aliphatic rings. The number of nitrogens with one attached hydrogen (secondary N) is 1. The van der Waals surface area contributed by atoms with Gasteiger partial charge in [-0.05, 0) is 56.2 Å². The predicted molar refractivity (Wildman–Crippen MR) is 101 cm³/mol. The molecular weight excluding hydrogens is 347 g/mol. The molecule has 2 aromatic rings. The highest BCUT2D eigenvalue weighted by atomic mass is 19.1. The van der Waals surface area contributed by atoms with Gasteiger partial charge in [-0.15, -0.1) is 0 Å². The number of likely N-dealkylation sites (tertiary alicyclic amines) is 1. The molecule has 142 valence electrons. The normalized spacial score (nSPS) is 16.7. The second kappa shape index (κ2) is 8.66. The third kappa shape index (κ3) is 4.64. The van der Waals surface area contributed by atoms with E-state index in [1.54, 1.807) is 11.0 Å². The Balaban J connectivity index is 1.66. The number of anilines is 1. The van der Waals surface area contributed by atoms with Crippen LogP contribution in [-0.4, -0.2) is 36.4 Å². The van der Waals surface area contributed by atoms with Gasteiger partial charge in [0.25, 0.3) is 5.91 Å². The van der Waals surface area contributed by atoms with E-state index in [0.717, 1.165) is 12.8 Å². The van der Waals surface area contributed by atoms with Gasteiger partial charge in [0, 0.05) is 18.7 Å². The molecule has 6 heteroatoms. The minimum atomic E-state index is -0.379. The van der Waals surface area contributed by atoms with Crippen molar-refractivity contribution in [2.45, 2.75) is 19.8 Å². The Morgan fingerprint density at radius 1 is 1.19 bits per heavy atom. The Kier molecular flexibility index (Phi) is 6.06. The fourth-order valence-electron chi connectivity index (χ4n) is 3.24. The first kappa shape index (κ1) is 18.9. The van der Waals surface area contributed by atoms with Gasteiger partial charge >= 0.3 is 0 Å². The molecule has 1 heterocycles. The molecule has 0 saturated carbocycles. The molecule has 1 atom stereocenters. The molecule has 2 amide bonds. The second-order valence-corrected chi connectivity index (χ2v) is 6.52. The molecule has 0 aromatic heterocycles. The van der Waals surface area contributed by atoms with Crippen molar-refractivity contribution in [3.05, 3.63) is 59.9 Å². The molecule has 1 N–H and O–H groups in total. The summed E-state index contributed by atoms with van der Waals surface area (Å²) in [4.78, 5) is 27.0. The molecule has 0 bridgehead atoms. The quantitative estimate of drug-likeness (QED) is 0.873. The summed E-state index contributed by atoms with van der Waals surface area (Å²) in [5, 5.41) is 2.92. The third-order valence-electron chi connectivity index (χ3n) is 4.62. The van der Waals surface area contributed by atoms with Crippen molar-refractivity contribution >= 4 is 17.5 Å². The van der Waals surface area contributed by atoms with Gasteiger partial charge in [-0.2, -0.15) is 0 Å². The zero-order chi connectivity index (χ0) is 19.2. The Morgan fingerprint density at radius 3 is 2.67 bits per heavy atom. The summed E-state index contributed by atoms with van der Waals surface area (Å²) in [7, 11) is 0. The SMILES string of the molecule is CCOc1ccccc1NC(=O)[C@H]1CCCN(C(=O)c2ccc(F)cc2)C1. The fraction of sp³-hybridized carbons (Fsp3) is 0.333. The molecule has 0 radical (unpaired) electrons. The molecule has 0 unspecified atom stereocenters. The van der Waals surface area contributed by atoms with Crippen molar-refractivity contribution in [3.63, 3.8) is 0 Å². The number of carbonyl (C=O) groups excluding carboxylic acids is 2. The third-order valence-corrected chi connectivity index (χ3v) is 4.62. The van der Waals surface area contributed by atoms with E-state index < -0.39 is 0 Å². The maximum absolute atomic E-state index is 13.1. The largest absolute Gasteiger partial charge is 0.492 e. The summed E-state index contributed by atoms with van der Waals surface area (Å²) >= 11 is 0. The van der Waals surface area contributed by atoms with Crippen LogP contribution in [0.5, 0.6) is 5.75 Å². The van der Waals surface area contributed by atoms with Crippen LogP contribution in [-0.2, 0) is 4.79 Å². The van der Waals surface area contributed by atoms with E-state index in [9.17, 15) is 14.0 Å². The number of halogens is 1. The average molecular weight is 370 g/mol. The van der Waals surface area contributed by atoms with Crippen molar-refractivity contribution in [1.29, 1.82) is 0 Å². The van der Waals surface area contributed by atoms with Crippen LogP contribution in [0, 0.1) is 11.7 Å². The molecule has 2 aromatic carbocycles. The number of para-hydroxylation sites is 2. The molecule has 3 rings (SSSR count). The Bertz CT molecular complexity index is 807. The van der Waals surface area contributed by atoms with Crippen molar-refractivity contribution in [2.75, 3.05) is 25.0 Å². The average Bonchev–Trinajstić information content (AvgIpc) is 2.70. The number of hydrogen-bond acceptors (Lipinski definition) is 3. The lowest BCUT2D eigenvalue weighted by atomic mass is 9.96. The molecule has 27 heavy (non-hydrogen) atoms. The number of rotatable bonds is 5. The van der Waals surface area contributed by atoms with Crippen LogP contribution in [0.2, 0.25) is 0 Å². The highest BCUT2D eigenvalue weighted by Gasteiger charge is 2.29. The van der Waals surface area contributed by atoms with Crippen molar-refractivity contribution in [3.8, 4) is 5.75 Å². The first-order chi connectivity index (χ1) is 13.1. The van der Waals surface area contributed by atoms with Crippen LogP contribution in [0.15, 0.2) is 48.5 Å². The summed E-state index contributed by atoms with van der Waals surface area (Å²) in [5.41, 5.74) is 1.06. The molecule has 1 saturated heterocycles. The lowest BCUT2D eigenvalue weighted by Gasteiger charge is -2.32. The van der Waals surface area contributed by atoms with Crippen molar-refractivity contribution < 1.29 is 18.7 Å². The summed E-state index contributed by atoms with van der Waals surface area (Å²) in [6.07, 6.45) is 1.47. The fourth-order valence-corrected chi connectivity index (χ4v) is 3.24. The number of carbonyl (C=O) groups is 2. The maximum atomic E-state index is 13.1. The molecule has 1 fully saturated rings. The zero-order valence-electron chi connectivity index (χ0n) is 15.3. The second-order valence-electron chi connectivity index (χ2n) is 6.52. The highest BCUT2D eigenvalue weighted by Crippen LogP contribution is 2.26. The number of hydrogen-bond donors (Lipinski definition) is 1. The van der Waals surface area contributed by atoms with Gasteiger partial charge in [-0.25, -0.2) is 4.39 Å². The first-order valence-electron chi connectivity index (χ1n) is 9.16. The van der Waals surface area contributed by atoms with Gasteiger partial charge in [0.2, 0.25) is 5.91 Å². The van der Waals surface area contributed by atoms with Crippen LogP contribution in [0.3, 0.4) is 0 Å². The standard InChI is InChI=1S/C21H23FN2O3/c1-2-27-19-8-4-3-7-18(19)23-20(25)16-6-5-13-24(14-16)21(26)15-9-11-17(22)12-10-15/h3-4,7-12,16H,2,5-6,13-14H2,1H3,(H,23,25)/t16-/m0/s1. The monoisotopic (exact) mass is 370 g/mol. The molecule has 0 aliphatic carbocycles. The Morgan fingerprint density at radius 2 is 1.93 bits per heavy atom. The van der Waals surface area contributed by atoms with Crippen molar-refractivity contribution in [2.24, 2.45) is 5.92 Å². The number of piperidine rings is 1. The minimum Gasteiger partial charge on any atom is -0.492 e. The van der Waals surface area contributed by atoms with E-state index in [4.69, 9.17) is 4.74 Å². The number of benzene rings is 2. The molecular formula is C21H23FN2O3. The molecule has 1 aliphatic heterocycles. The summed E-state index contributed by atoms with van der Waals surface area (Å²) in [6, 6.07) is 12.8. The zero-order valence-corrected chi connectivity index (χ0v) is 15.3. The summed E-state index contributed by atoms with van der Waals surface area (Å²) in [5.74, 6) is -0.349. The van der Waals surface area contributed by atoms with Crippen LogP contribution < -0.4 is 10.1 Å². The first-order valence-corrected chi connectivity index (χ1v) is 9.16. The van der Waals surface area contributed by atoms with E-state index in [2.05, 4.69) is 5.32 Å².